The van der Waals surface area contributed by atoms with Crippen LogP contribution in [0.25, 0.3) is 0 Å². The van der Waals surface area contributed by atoms with Crippen molar-refractivity contribution in [2.45, 2.75) is 38.1 Å². The first-order valence-corrected chi connectivity index (χ1v) is 6.82. The quantitative estimate of drug-likeness (QED) is 0.864. The Kier molecular flexibility index (Phi) is 6.96. The highest BCUT2D eigenvalue weighted by atomic mass is 35.5. The molecular formula is C14H18ClF3N2O2. The molecule has 0 aromatic heterocycles. The molecule has 1 saturated heterocycles. The van der Waals surface area contributed by atoms with Crippen LogP contribution in [0.3, 0.4) is 0 Å². The van der Waals surface area contributed by atoms with Gasteiger partial charge in [-0.25, -0.2) is 0 Å². The van der Waals surface area contributed by atoms with Gasteiger partial charge in [0.2, 0.25) is 5.91 Å². The van der Waals surface area contributed by atoms with Crippen LogP contribution in [0.1, 0.15) is 25.7 Å². The van der Waals surface area contributed by atoms with Gasteiger partial charge >= 0.3 is 6.36 Å². The first-order valence-electron chi connectivity index (χ1n) is 6.82. The van der Waals surface area contributed by atoms with E-state index < -0.39 is 12.1 Å². The summed E-state index contributed by atoms with van der Waals surface area (Å²) in [5.74, 6) is -0.723. The number of para-hydroxylation sites is 2. The monoisotopic (exact) mass is 338 g/mol. The van der Waals surface area contributed by atoms with E-state index in [0.717, 1.165) is 19.4 Å². The summed E-state index contributed by atoms with van der Waals surface area (Å²) in [4.78, 5) is 11.8. The van der Waals surface area contributed by atoms with E-state index in [1.165, 1.54) is 24.3 Å². The van der Waals surface area contributed by atoms with Crippen LogP contribution in [0.15, 0.2) is 24.3 Å². The fraction of sp³-hybridized carbons (Fsp3) is 0.500. The Morgan fingerprint density at radius 2 is 2.09 bits per heavy atom. The standard InChI is InChI=1S/C14H17F3N2O2.ClH/c15-14(16,17)21-12-6-2-1-5-11(12)19-13(20)8-7-10-4-3-9-18-10;/h1-2,5-6,10,18H,3-4,7-9H2,(H,19,20);1H. The number of carbonyl (C=O) groups excluding carboxylic acids is 1. The second kappa shape index (κ2) is 8.24. The van der Waals surface area contributed by atoms with Gasteiger partial charge in [-0.3, -0.25) is 4.79 Å². The number of carbonyl (C=O) groups is 1. The van der Waals surface area contributed by atoms with E-state index in [0.29, 0.717) is 12.5 Å². The molecule has 1 aromatic rings. The zero-order valence-electron chi connectivity index (χ0n) is 11.8. The normalized spacial score (nSPS) is 17.7. The van der Waals surface area contributed by atoms with E-state index in [9.17, 15) is 18.0 Å². The highest BCUT2D eigenvalue weighted by Crippen LogP contribution is 2.30. The first kappa shape index (κ1) is 18.6. The minimum Gasteiger partial charge on any atom is -0.404 e. The maximum Gasteiger partial charge on any atom is 0.573 e. The molecule has 0 spiro atoms. The molecule has 4 nitrogen and oxygen atoms in total. The summed E-state index contributed by atoms with van der Waals surface area (Å²) in [7, 11) is 0. The van der Waals surface area contributed by atoms with Crippen molar-refractivity contribution in [2.24, 2.45) is 0 Å². The predicted octanol–water partition coefficient (Wildman–Crippen LogP) is 3.48. The van der Waals surface area contributed by atoms with Gasteiger partial charge in [0.15, 0.2) is 5.75 Å². The lowest BCUT2D eigenvalue weighted by atomic mass is 10.1. The zero-order valence-corrected chi connectivity index (χ0v) is 12.6. The number of alkyl halides is 3. The fourth-order valence-corrected chi connectivity index (χ4v) is 2.30. The number of nitrogens with one attached hydrogen (secondary N) is 2. The number of anilines is 1. The molecule has 1 aliphatic rings. The van der Waals surface area contributed by atoms with Crippen molar-refractivity contribution in [3.63, 3.8) is 0 Å². The minimum absolute atomic E-state index is 0. The summed E-state index contributed by atoms with van der Waals surface area (Å²) >= 11 is 0. The Labute approximate surface area is 132 Å². The van der Waals surface area contributed by atoms with Gasteiger partial charge in [-0.1, -0.05) is 12.1 Å². The largest absolute Gasteiger partial charge is 0.573 e. The molecule has 0 saturated carbocycles. The van der Waals surface area contributed by atoms with E-state index in [4.69, 9.17) is 0 Å². The third-order valence-corrected chi connectivity index (χ3v) is 3.27. The molecule has 1 amide bonds. The van der Waals surface area contributed by atoms with Crippen LogP contribution in [0, 0.1) is 0 Å². The van der Waals surface area contributed by atoms with Crippen molar-refractivity contribution in [1.82, 2.24) is 5.32 Å². The molecule has 0 aliphatic carbocycles. The number of rotatable bonds is 5. The van der Waals surface area contributed by atoms with Gasteiger partial charge in [0.25, 0.3) is 0 Å². The summed E-state index contributed by atoms with van der Waals surface area (Å²) in [5.41, 5.74) is 0.0270. The van der Waals surface area contributed by atoms with Gasteiger partial charge in [0.05, 0.1) is 5.69 Å². The van der Waals surface area contributed by atoms with Crippen molar-refractivity contribution in [3.8, 4) is 5.75 Å². The molecular weight excluding hydrogens is 321 g/mol. The molecule has 1 unspecified atom stereocenters. The number of amides is 1. The molecule has 0 bridgehead atoms. The van der Waals surface area contributed by atoms with E-state index in [1.54, 1.807) is 0 Å². The number of ether oxygens (including phenoxy) is 1. The smallest absolute Gasteiger partial charge is 0.404 e. The van der Waals surface area contributed by atoms with Gasteiger partial charge in [0, 0.05) is 12.5 Å². The van der Waals surface area contributed by atoms with Crippen LogP contribution < -0.4 is 15.4 Å². The first-order chi connectivity index (χ1) is 9.94. The van der Waals surface area contributed by atoms with Crippen LogP contribution in [-0.4, -0.2) is 24.9 Å². The molecule has 1 fully saturated rings. The number of benzene rings is 1. The molecule has 1 atom stereocenters. The Morgan fingerprint density at radius 3 is 2.73 bits per heavy atom. The molecule has 22 heavy (non-hydrogen) atoms. The average molecular weight is 339 g/mol. The van der Waals surface area contributed by atoms with Gasteiger partial charge in [0.1, 0.15) is 0 Å². The van der Waals surface area contributed by atoms with Crippen molar-refractivity contribution in [1.29, 1.82) is 0 Å². The fourth-order valence-electron chi connectivity index (χ4n) is 2.30. The summed E-state index contributed by atoms with van der Waals surface area (Å²) in [6.45, 7) is 0.953. The summed E-state index contributed by atoms with van der Waals surface area (Å²) in [5, 5.41) is 5.73. The van der Waals surface area contributed by atoms with E-state index >= 15 is 0 Å². The molecule has 0 radical (unpaired) electrons. The lowest BCUT2D eigenvalue weighted by Crippen LogP contribution is -2.24. The van der Waals surface area contributed by atoms with Crippen LogP contribution >= 0.6 is 12.4 Å². The highest BCUT2D eigenvalue weighted by molar-refractivity contribution is 5.92. The van der Waals surface area contributed by atoms with Gasteiger partial charge in [-0.2, -0.15) is 0 Å². The topological polar surface area (TPSA) is 50.4 Å². The molecule has 1 aliphatic heterocycles. The zero-order chi connectivity index (χ0) is 15.3. The summed E-state index contributed by atoms with van der Waals surface area (Å²) < 4.78 is 40.7. The maximum atomic E-state index is 12.3. The lowest BCUT2D eigenvalue weighted by Gasteiger charge is -2.14. The molecule has 1 heterocycles. The number of hydrogen-bond donors (Lipinski definition) is 2. The molecule has 2 rings (SSSR count). The third-order valence-electron chi connectivity index (χ3n) is 3.27. The van der Waals surface area contributed by atoms with Gasteiger partial charge in [-0.05, 0) is 37.9 Å². The Hall–Kier alpha value is -1.47. The van der Waals surface area contributed by atoms with Crippen LogP contribution in [0.5, 0.6) is 5.75 Å². The average Bonchev–Trinajstić information content (AvgIpc) is 2.90. The van der Waals surface area contributed by atoms with Crippen molar-refractivity contribution in [2.75, 3.05) is 11.9 Å². The Bertz CT molecular complexity index is 491. The Morgan fingerprint density at radius 1 is 1.36 bits per heavy atom. The van der Waals surface area contributed by atoms with Crippen molar-refractivity contribution in [3.05, 3.63) is 24.3 Å². The molecule has 2 N–H and O–H groups in total. The van der Waals surface area contributed by atoms with E-state index in [-0.39, 0.29) is 30.4 Å². The number of hydrogen-bond acceptors (Lipinski definition) is 3. The van der Waals surface area contributed by atoms with E-state index in [1.807, 2.05) is 0 Å². The third kappa shape index (κ3) is 6.11. The SMILES string of the molecule is Cl.O=C(CCC1CCCN1)Nc1ccccc1OC(F)(F)F. The van der Waals surface area contributed by atoms with Gasteiger partial charge in [-0.15, -0.1) is 25.6 Å². The maximum absolute atomic E-state index is 12.3. The van der Waals surface area contributed by atoms with E-state index in [2.05, 4.69) is 15.4 Å². The Balaban J connectivity index is 0.00000242. The summed E-state index contributed by atoms with van der Waals surface area (Å²) in [6.07, 6.45) is -1.73. The van der Waals surface area contributed by atoms with Crippen molar-refractivity contribution >= 4 is 24.0 Å². The molecule has 124 valence electrons. The van der Waals surface area contributed by atoms with Crippen LogP contribution in [0.4, 0.5) is 18.9 Å². The van der Waals surface area contributed by atoms with Crippen molar-refractivity contribution < 1.29 is 22.7 Å². The predicted molar refractivity (Wildman–Crippen MR) is 79.3 cm³/mol. The lowest BCUT2D eigenvalue weighted by molar-refractivity contribution is -0.274. The molecule has 8 heteroatoms. The summed E-state index contributed by atoms with van der Waals surface area (Å²) in [6, 6.07) is 5.82. The van der Waals surface area contributed by atoms with Gasteiger partial charge < -0.3 is 15.4 Å². The van der Waals surface area contributed by atoms with Crippen LogP contribution in [0.2, 0.25) is 0 Å². The second-order valence-electron chi connectivity index (χ2n) is 4.92. The second-order valence-corrected chi connectivity index (χ2v) is 4.92. The number of halogens is 4. The minimum atomic E-state index is -4.78. The van der Waals surface area contributed by atoms with Crippen LogP contribution in [-0.2, 0) is 4.79 Å². The highest BCUT2D eigenvalue weighted by Gasteiger charge is 2.32. The molecule has 1 aromatic carbocycles.